The van der Waals surface area contributed by atoms with Gasteiger partial charge in [-0.25, -0.2) is 0 Å². The van der Waals surface area contributed by atoms with Crippen LogP contribution in [0.15, 0.2) is 42.6 Å². The van der Waals surface area contributed by atoms with Gasteiger partial charge in [0.2, 0.25) is 5.91 Å². The Kier molecular flexibility index (Phi) is 3.46. The predicted molar refractivity (Wildman–Crippen MR) is 79.5 cm³/mol. The lowest BCUT2D eigenvalue weighted by molar-refractivity contribution is -0.122. The third kappa shape index (κ3) is 2.41. The second-order valence-electron chi connectivity index (χ2n) is 5.18. The highest BCUT2D eigenvalue weighted by molar-refractivity contribution is 5.86. The molecule has 4 nitrogen and oxygen atoms in total. The molecule has 20 heavy (non-hydrogen) atoms. The van der Waals surface area contributed by atoms with Gasteiger partial charge in [-0.2, -0.15) is 0 Å². The van der Waals surface area contributed by atoms with E-state index in [1.165, 1.54) is 0 Å². The number of hydrogen-bond acceptors (Lipinski definition) is 2. The van der Waals surface area contributed by atoms with Crippen LogP contribution in [0.1, 0.15) is 23.6 Å². The van der Waals surface area contributed by atoms with E-state index in [0.717, 1.165) is 29.9 Å². The molecule has 0 spiro atoms. The van der Waals surface area contributed by atoms with Gasteiger partial charge in [-0.3, -0.25) is 4.79 Å². The minimum Gasteiger partial charge on any atom is -0.385 e. The predicted octanol–water partition coefficient (Wildman–Crippen LogP) is 2.24. The number of fused-ring (bicyclic) bond motifs is 1. The first-order valence-electron chi connectivity index (χ1n) is 6.96. The molecule has 4 heteroatoms. The molecule has 1 amide bonds. The van der Waals surface area contributed by atoms with E-state index in [1.54, 1.807) is 0 Å². The molecule has 2 heterocycles. The molecule has 104 valence electrons. The molecule has 1 unspecified atom stereocenters. The average Bonchev–Trinajstić information content (AvgIpc) is 2.89. The fourth-order valence-electron chi connectivity index (χ4n) is 2.72. The number of aromatic nitrogens is 1. The van der Waals surface area contributed by atoms with Gasteiger partial charge >= 0.3 is 0 Å². The van der Waals surface area contributed by atoms with Crippen LogP contribution >= 0.6 is 0 Å². The molecule has 0 aliphatic carbocycles. The first-order chi connectivity index (χ1) is 9.75. The third-order valence-electron chi connectivity index (χ3n) is 3.90. The number of carbonyl (C=O) groups is 1. The maximum Gasteiger partial charge on any atom is 0.228 e. The summed E-state index contributed by atoms with van der Waals surface area (Å²) < 4.78 is 2.02. The summed E-state index contributed by atoms with van der Waals surface area (Å²) >= 11 is 0. The van der Waals surface area contributed by atoms with Crippen LogP contribution in [-0.4, -0.2) is 17.0 Å². The number of benzene rings is 1. The van der Waals surface area contributed by atoms with Crippen LogP contribution < -0.4 is 10.6 Å². The zero-order valence-electron chi connectivity index (χ0n) is 11.6. The van der Waals surface area contributed by atoms with Crippen molar-refractivity contribution in [1.29, 1.82) is 0 Å². The fraction of sp³-hybridized carbons (Fsp3) is 0.312. The molecule has 2 N–H and O–H groups in total. The Balaban J connectivity index is 1.71. The number of aryl methyl sites for hydroxylation is 1. The average molecular weight is 269 g/mol. The molecule has 1 atom stereocenters. The Hall–Kier alpha value is -2.23. The van der Waals surface area contributed by atoms with Gasteiger partial charge in [0, 0.05) is 31.2 Å². The van der Waals surface area contributed by atoms with Crippen molar-refractivity contribution in [3.63, 3.8) is 0 Å². The summed E-state index contributed by atoms with van der Waals surface area (Å²) in [4.78, 5) is 12.4. The van der Waals surface area contributed by atoms with E-state index in [4.69, 9.17) is 0 Å². The van der Waals surface area contributed by atoms with Crippen LogP contribution in [0.3, 0.4) is 0 Å². The number of nitrogens with zero attached hydrogens (tertiary/aromatic N) is 1. The van der Waals surface area contributed by atoms with Crippen molar-refractivity contribution in [2.24, 2.45) is 7.05 Å². The maximum atomic E-state index is 12.4. The molecule has 0 bridgehead atoms. The third-order valence-corrected chi connectivity index (χ3v) is 3.90. The van der Waals surface area contributed by atoms with Crippen molar-refractivity contribution in [2.45, 2.75) is 18.9 Å². The monoisotopic (exact) mass is 269 g/mol. The number of rotatable bonds is 3. The zero-order valence-corrected chi connectivity index (χ0v) is 11.6. The lowest BCUT2D eigenvalue weighted by Gasteiger charge is -2.25. The summed E-state index contributed by atoms with van der Waals surface area (Å²) in [6, 6.07) is 12.1. The minimum absolute atomic E-state index is 0.0484. The Morgan fingerprint density at radius 2 is 2.20 bits per heavy atom. The van der Waals surface area contributed by atoms with Crippen LogP contribution in [0.4, 0.5) is 5.69 Å². The highest BCUT2D eigenvalue weighted by Gasteiger charge is 2.25. The molecule has 0 saturated heterocycles. The van der Waals surface area contributed by atoms with Crippen molar-refractivity contribution in [1.82, 2.24) is 9.88 Å². The highest BCUT2D eigenvalue weighted by atomic mass is 16.1. The number of carbonyl (C=O) groups excluding carboxylic acids is 1. The minimum atomic E-state index is -0.0484. The van der Waals surface area contributed by atoms with Gasteiger partial charge in [-0.15, -0.1) is 0 Å². The maximum absolute atomic E-state index is 12.4. The van der Waals surface area contributed by atoms with E-state index in [-0.39, 0.29) is 11.8 Å². The molecule has 1 aromatic carbocycles. The Labute approximate surface area is 118 Å². The van der Waals surface area contributed by atoms with Gasteiger partial charge in [0.25, 0.3) is 0 Å². The molecule has 2 aromatic rings. The van der Waals surface area contributed by atoms with E-state index >= 15 is 0 Å². The molecule has 0 saturated carbocycles. The number of anilines is 1. The lowest BCUT2D eigenvalue weighted by Crippen LogP contribution is -2.33. The van der Waals surface area contributed by atoms with Gasteiger partial charge in [0.15, 0.2) is 0 Å². The van der Waals surface area contributed by atoms with E-state index < -0.39 is 0 Å². The highest BCUT2D eigenvalue weighted by Crippen LogP contribution is 2.31. The van der Waals surface area contributed by atoms with Gasteiger partial charge < -0.3 is 15.2 Å². The van der Waals surface area contributed by atoms with E-state index in [1.807, 2.05) is 54.2 Å². The summed E-state index contributed by atoms with van der Waals surface area (Å²) in [7, 11) is 1.99. The number of amides is 1. The Morgan fingerprint density at radius 1 is 1.35 bits per heavy atom. The summed E-state index contributed by atoms with van der Waals surface area (Å²) in [5, 5.41) is 6.39. The normalized spacial score (nSPS) is 17.1. The van der Waals surface area contributed by atoms with Gasteiger partial charge in [0.05, 0.1) is 12.5 Å². The molecular weight excluding hydrogens is 250 g/mol. The standard InChI is InChI=1S/C16H19N3O/c1-19-10-4-5-12(19)11-18-16(20)14-8-9-17-15-7-3-2-6-13(14)15/h2-7,10,14,17H,8-9,11H2,1H3,(H,18,20). The summed E-state index contributed by atoms with van der Waals surface area (Å²) in [6.45, 7) is 1.42. The quantitative estimate of drug-likeness (QED) is 0.897. The molecule has 1 aliphatic rings. The zero-order chi connectivity index (χ0) is 13.9. The van der Waals surface area contributed by atoms with E-state index in [9.17, 15) is 4.79 Å². The number of hydrogen-bond donors (Lipinski definition) is 2. The second kappa shape index (κ2) is 5.41. The van der Waals surface area contributed by atoms with Crippen molar-refractivity contribution in [2.75, 3.05) is 11.9 Å². The largest absolute Gasteiger partial charge is 0.385 e. The molecule has 0 radical (unpaired) electrons. The SMILES string of the molecule is Cn1cccc1CNC(=O)C1CCNc2ccccc21. The second-order valence-corrected chi connectivity index (χ2v) is 5.18. The molecule has 3 rings (SSSR count). The Morgan fingerprint density at radius 3 is 3.00 bits per heavy atom. The van der Waals surface area contributed by atoms with Crippen LogP contribution in [0.2, 0.25) is 0 Å². The molecule has 1 aromatic heterocycles. The van der Waals surface area contributed by atoms with Crippen LogP contribution in [0.5, 0.6) is 0 Å². The summed E-state index contributed by atoms with van der Waals surface area (Å²) in [5.41, 5.74) is 3.29. The number of nitrogens with one attached hydrogen (secondary N) is 2. The first kappa shape index (κ1) is 12.8. The van der Waals surface area contributed by atoms with Crippen LogP contribution in [0, 0.1) is 0 Å². The van der Waals surface area contributed by atoms with Crippen LogP contribution in [0.25, 0.3) is 0 Å². The summed E-state index contributed by atoms with van der Waals surface area (Å²) in [6.07, 6.45) is 2.83. The van der Waals surface area contributed by atoms with Gasteiger partial charge in [-0.1, -0.05) is 18.2 Å². The molecular formula is C16H19N3O. The smallest absolute Gasteiger partial charge is 0.228 e. The fourth-order valence-corrected chi connectivity index (χ4v) is 2.72. The first-order valence-corrected chi connectivity index (χ1v) is 6.96. The summed E-state index contributed by atoms with van der Waals surface area (Å²) in [5.74, 6) is 0.0628. The van der Waals surface area contributed by atoms with Crippen molar-refractivity contribution in [3.05, 3.63) is 53.9 Å². The van der Waals surface area contributed by atoms with E-state index in [0.29, 0.717) is 6.54 Å². The van der Waals surface area contributed by atoms with Crippen molar-refractivity contribution in [3.8, 4) is 0 Å². The van der Waals surface area contributed by atoms with Crippen LogP contribution in [-0.2, 0) is 18.4 Å². The molecule has 0 fully saturated rings. The topological polar surface area (TPSA) is 46.1 Å². The molecule has 1 aliphatic heterocycles. The lowest BCUT2D eigenvalue weighted by atomic mass is 9.90. The van der Waals surface area contributed by atoms with Gasteiger partial charge in [-0.05, 0) is 30.2 Å². The Bertz CT molecular complexity index is 618. The van der Waals surface area contributed by atoms with E-state index in [2.05, 4.69) is 10.6 Å². The van der Waals surface area contributed by atoms with Crippen molar-refractivity contribution < 1.29 is 4.79 Å². The van der Waals surface area contributed by atoms with Gasteiger partial charge in [0.1, 0.15) is 0 Å². The number of para-hydroxylation sites is 1. The van der Waals surface area contributed by atoms with Crippen molar-refractivity contribution >= 4 is 11.6 Å².